The van der Waals surface area contributed by atoms with Crippen molar-refractivity contribution in [2.75, 3.05) is 31.5 Å². The maximum atomic E-state index is 13.6. The molecule has 0 saturated carbocycles. The van der Waals surface area contributed by atoms with Crippen LogP contribution in [-0.4, -0.2) is 53.9 Å². The topological polar surface area (TPSA) is 124 Å². The van der Waals surface area contributed by atoms with Crippen LogP contribution in [0.1, 0.15) is 40.7 Å². The lowest BCUT2D eigenvalue weighted by molar-refractivity contribution is -0.128. The summed E-state index contributed by atoms with van der Waals surface area (Å²) in [6, 6.07) is 19.2. The zero-order chi connectivity index (χ0) is 26.9. The normalized spacial score (nSPS) is 14.8. The predicted octanol–water partition coefficient (Wildman–Crippen LogP) is 3.48. The number of likely N-dealkylation sites (tertiary alicyclic amines) is 1. The Bertz CT molecular complexity index is 1340. The Balaban J connectivity index is 1.46. The Hall–Kier alpha value is -4.29. The van der Waals surface area contributed by atoms with Gasteiger partial charge in [0.15, 0.2) is 0 Å². The molecule has 2 heterocycles. The van der Waals surface area contributed by atoms with E-state index in [1.54, 1.807) is 35.2 Å². The van der Waals surface area contributed by atoms with Gasteiger partial charge in [0.1, 0.15) is 11.6 Å². The largest absolute Gasteiger partial charge is 0.369 e. The number of hydrogen-bond donors (Lipinski definition) is 3. The van der Waals surface area contributed by atoms with E-state index in [0.29, 0.717) is 73.6 Å². The highest BCUT2D eigenvalue weighted by Gasteiger charge is 2.29. The fourth-order valence-corrected chi connectivity index (χ4v) is 4.64. The van der Waals surface area contributed by atoms with Gasteiger partial charge in [-0.3, -0.25) is 9.59 Å². The zero-order valence-electron chi connectivity index (χ0n) is 21.1. The van der Waals surface area contributed by atoms with E-state index in [0.717, 1.165) is 12.0 Å². The van der Waals surface area contributed by atoms with E-state index in [-0.39, 0.29) is 23.7 Å². The van der Waals surface area contributed by atoms with E-state index in [1.807, 2.05) is 18.2 Å². The lowest BCUT2D eigenvalue weighted by Gasteiger charge is -2.23. The first-order valence-electron chi connectivity index (χ1n) is 12.8. The van der Waals surface area contributed by atoms with Crippen molar-refractivity contribution in [1.29, 1.82) is 5.26 Å². The molecule has 0 aliphatic carbocycles. The molecule has 4 N–H and O–H groups in total. The molecule has 1 atom stereocenters. The van der Waals surface area contributed by atoms with Gasteiger partial charge in [0.05, 0.1) is 22.9 Å². The lowest BCUT2D eigenvalue weighted by Crippen LogP contribution is -2.39. The van der Waals surface area contributed by atoms with Crippen molar-refractivity contribution < 1.29 is 14.0 Å². The molecule has 3 aromatic rings. The molecule has 196 valence electrons. The molecule has 8 nitrogen and oxygen atoms in total. The molecule has 1 aliphatic rings. The average Bonchev–Trinajstić information content (AvgIpc) is 3.30. The molecule has 0 unspecified atom stereocenters. The summed E-state index contributed by atoms with van der Waals surface area (Å²) in [6.07, 6.45) is 2.44. The molecule has 4 rings (SSSR count). The summed E-state index contributed by atoms with van der Waals surface area (Å²) in [5.41, 5.74) is 8.67. The third-order valence-electron chi connectivity index (χ3n) is 6.64. The number of nitrogens with two attached hydrogens (primary N) is 1. The van der Waals surface area contributed by atoms with Crippen LogP contribution in [0.3, 0.4) is 0 Å². The third kappa shape index (κ3) is 6.52. The van der Waals surface area contributed by atoms with Gasteiger partial charge in [0.2, 0.25) is 5.91 Å². The monoisotopic (exact) mass is 514 g/mol. The van der Waals surface area contributed by atoms with Gasteiger partial charge in [0.25, 0.3) is 5.91 Å². The highest BCUT2D eigenvalue weighted by molar-refractivity contribution is 5.99. The fourth-order valence-electron chi connectivity index (χ4n) is 4.64. The van der Waals surface area contributed by atoms with Crippen molar-refractivity contribution in [3.8, 4) is 17.3 Å². The van der Waals surface area contributed by atoms with Crippen LogP contribution >= 0.6 is 0 Å². The number of halogens is 1. The Labute approximate surface area is 221 Å². The van der Waals surface area contributed by atoms with Crippen LogP contribution in [0.15, 0.2) is 60.7 Å². The minimum Gasteiger partial charge on any atom is -0.369 e. The SMILES string of the molecule is N#Cc1ccccc1-c1ccc(C(=O)NCCCN2C(=O)CC[C@@H]2CN)c(NCCc2cccc(F)c2)n1. The maximum Gasteiger partial charge on any atom is 0.255 e. The van der Waals surface area contributed by atoms with Crippen LogP contribution in [0, 0.1) is 17.1 Å². The van der Waals surface area contributed by atoms with E-state index in [1.165, 1.54) is 12.1 Å². The first-order valence-corrected chi connectivity index (χ1v) is 12.8. The molecule has 2 amide bonds. The number of rotatable bonds is 11. The Morgan fingerprint density at radius 3 is 2.79 bits per heavy atom. The van der Waals surface area contributed by atoms with Crippen LogP contribution in [0.25, 0.3) is 11.3 Å². The molecule has 2 aromatic carbocycles. The number of nitrogens with one attached hydrogen (secondary N) is 2. The summed E-state index contributed by atoms with van der Waals surface area (Å²) in [5.74, 6) is -0.116. The summed E-state index contributed by atoms with van der Waals surface area (Å²) in [6.45, 7) is 1.80. The highest BCUT2D eigenvalue weighted by Crippen LogP contribution is 2.25. The molecular formula is C29H31FN6O2. The number of nitrogens with zero attached hydrogens (tertiary/aromatic N) is 3. The standard InChI is InChI=1S/C29H31FN6O2/c30-22-7-3-5-20(17-22)13-15-33-28-25(10-11-26(35-28)24-8-2-1-6-21(24)18-31)29(38)34-14-4-16-36-23(19-32)9-12-27(36)37/h1-3,5-8,10-11,17,23H,4,9,12-16,19,32H2,(H,33,35)(H,34,38)/t23-/m1/s1. The molecule has 38 heavy (non-hydrogen) atoms. The number of pyridine rings is 1. The second-order valence-electron chi connectivity index (χ2n) is 9.18. The smallest absolute Gasteiger partial charge is 0.255 e. The Kier molecular flexibility index (Phi) is 9.01. The molecule has 1 aliphatic heterocycles. The number of benzene rings is 2. The van der Waals surface area contributed by atoms with Gasteiger partial charge in [-0.05, 0) is 55.2 Å². The summed E-state index contributed by atoms with van der Waals surface area (Å²) < 4.78 is 13.6. The van der Waals surface area contributed by atoms with Gasteiger partial charge >= 0.3 is 0 Å². The van der Waals surface area contributed by atoms with E-state index in [4.69, 9.17) is 5.73 Å². The van der Waals surface area contributed by atoms with Crippen molar-refractivity contribution in [2.24, 2.45) is 5.73 Å². The Morgan fingerprint density at radius 1 is 1.16 bits per heavy atom. The highest BCUT2D eigenvalue weighted by atomic mass is 19.1. The first-order chi connectivity index (χ1) is 18.5. The van der Waals surface area contributed by atoms with Gasteiger partial charge in [-0.25, -0.2) is 9.37 Å². The summed E-state index contributed by atoms with van der Waals surface area (Å²) >= 11 is 0. The molecule has 1 aromatic heterocycles. The van der Waals surface area contributed by atoms with Crippen molar-refractivity contribution in [3.63, 3.8) is 0 Å². The van der Waals surface area contributed by atoms with Crippen LogP contribution in [-0.2, 0) is 11.2 Å². The molecule has 0 radical (unpaired) electrons. The second kappa shape index (κ2) is 12.8. The summed E-state index contributed by atoms with van der Waals surface area (Å²) in [4.78, 5) is 31.7. The van der Waals surface area contributed by atoms with Gasteiger partial charge in [-0.1, -0.05) is 30.3 Å². The first kappa shape index (κ1) is 26.8. The van der Waals surface area contributed by atoms with Crippen molar-refractivity contribution in [2.45, 2.75) is 31.7 Å². The molecule has 0 bridgehead atoms. The molecule has 9 heteroatoms. The molecular weight excluding hydrogens is 483 g/mol. The molecule has 1 fully saturated rings. The molecule has 1 saturated heterocycles. The van der Waals surface area contributed by atoms with Gasteiger partial charge < -0.3 is 21.3 Å². The van der Waals surface area contributed by atoms with E-state index in [2.05, 4.69) is 21.7 Å². The maximum absolute atomic E-state index is 13.6. The number of hydrogen-bond acceptors (Lipinski definition) is 6. The van der Waals surface area contributed by atoms with Gasteiger partial charge in [-0.15, -0.1) is 0 Å². The van der Waals surface area contributed by atoms with Gasteiger partial charge in [-0.2, -0.15) is 5.26 Å². The number of nitriles is 1. The average molecular weight is 515 g/mol. The lowest BCUT2D eigenvalue weighted by atomic mass is 10.0. The van der Waals surface area contributed by atoms with Gasteiger partial charge in [0, 0.05) is 44.2 Å². The minimum absolute atomic E-state index is 0.0696. The third-order valence-corrected chi connectivity index (χ3v) is 6.64. The van der Waals surface area contributed by atoms with Crippen molar-refractivity contribution in [1.82, 2.24) is 15.2 Å². The summed E-state index contributed by atoms with van der Waals surface area (Å²) in [7, 11) is 0. The Morgan fingerprint density at radius 2 is 2.00 bits per heavy atom. The number of carbonyl (C=O) groups excluding carboxylic acids is 2. The fraction of sp³-hybridized carbons (Fsp3) is 0.310. The quantitative estimate of drug-likeness (QED) is 0.337. The minimum atomic E-state index is -0.302. The number of anilines is 1. The van der Waals surface area contributed by atoms with E-state index in [9.17, 15) is 19.2 Å². The second-order valence-corrected chi connectivity index (χ2v) is 9.18. The van der Waals surface area contributed by atoms with E-state index < -0.39 is 0 Å². The van der Waals surface area contributed by atoms with Crippen LogP contribution in [0.2, 0.25) is 0 Å². The van der Waals surface area contributed by atoms with Crippen molar-refractivity contribution in [3.05, 3.63) is 83.2 Å². The van der Waals surface area contributed by atoms with Crippen LogP contribution in [0.5, 0.6) is 0 Å². The summed E-state index contributed by atoms with van der Waals surface area (Å²) in [5, 5.41) is 15.6. The van der Waals surface area contributed by atoms with Crippen molar-refractivity contribution >= 4 is 17.6 Å². The molecule has 0 spiro atoms. The number of carbonyl (C=O) groups is 2. The van der Waals surface area contributed by atoms with E-state index >= 15 is 0 Å². The predicted molar refractivity (Wildman–Crippen MR) is 144 cm³/mol. The van der Waals surface area contributed by atoms with Crippen LogP contribution in [0.4, 0.5) is 10.2 Å². The number of aromatic nitrogens is 1. The van der Waals surface area contributed by atoms with Crippen LogP contribution < -0.4 is 16.4 Å². The number of amides is 2. The zero-order valence-corrected chi connectivity index (χ0v) is 21.1.